The van der Waals surface area contributed by atoms with Gasteiger partial charge in [-0.3, -0.25) is 4.79 Å². The Morgan fingerprint density at radius 1 is 1.03 bits per heavy atom. The number of rotatable bonds is 2. The number of aryl methyl sites for hydroxylation is 1. The molecule has 0 unspecified atom stereocenters. The lowest BCUT2D eigenvalue weighted by atomic mass is 9.80. The lowest BCUT2D eigenvalue weighted by molar-refractivity contribution is -0.122. The molecule has 0 bridgehead atoms. The van der Waals surface area contributed by atoms with E-state index in [0.717, 1.165) is 35.3 Å². The highest BCUT2D eigenvalue weighted by atomic mass is 16.5. The highest BCUT2D eigenvalue weighted by molar-refractivity contribution is 6.12. The molecular weight excluding hydrogens is 424 g/mol. The van der Waals surface area contributed by atoms with Gasteiger partial charge in [0.05, 0.1) is 29.5 Å². The zero-order valence-electron chi connectivity index (χ0n) is 20.3. The van der Waals surface area contributed by atoms with Crippen LogP contribution in [0.15, 0.2) is 36.4 Å². The highest BCUT2D eigenvalue weighted by Crippen LogP contribution is 2.52. The summed E-state index contributed by atoms with van der Waals surface area (Å²) in [5.74, 6) is 0.388. The first kappa shape index (κ1) is 21.5. The van der Waals surface area contributed by atoms with Crippen molar-refractivity contribution in [2.45, 2.75) is 70.3 Å². The van der Waals surface area contributed by atoms with Crippen molar-refractivity contribution in [1.82, 2.24) is 4.57 Å². The fraction of sp³-hybridized carbons (Fsp3) is 0.448. The second-order valence-corrected chi connectivity index (χ2v) is 10.6. The van der Waals surface area contributed by atoms with Crippen LogP contribution in [0, 0.1) is 0 Å². The van der Waals surface area contributed by atoms with E-state index in [-0.39, 0.29) is 11.9 Å². The summed E-state index contributed by atoms with van der Waals surface area (Å²) in [6.45, 7) is 5.63. The summed E-state index contributed by atoms with van der Waals surface area (Å²) < 4.78 is 7.46. The van der Waals surface area contributed by atoms with Crippen LogP contribution in [-0.4, -0.2) is 30.1 Å². The quantitative estimate of drug-likeness (QED) is 0.433. The van der Waals surface area contributed by atoms with Crippen LogP contribution in [0.2, 0.25) is 0 Å². The zero-order valence-corrected chi connectivity index (χ0v) is 20.3. The maximum atomic E-state index is 13.5. The van der Waals surface area contributed by atoms with Crippen molar-refractivity contribution in [3.05, 3.63) is 53.1 Å². The molecule has 34 heavy (non-hydrogen) atoms. The van der Waals surface area contributed by atoms with E-state index in [2.05, 4.69) is 42.7 Å². The lowest BCUT2D eigenvalue weighted by Crippen LogP contribution is -2.37. The SMILES string of the molecule is COC(=O)c1ccc2c(C3CCCCC3)c3n(c2c1)CCCN1C(=O)C(C)(C)c2cccc-3c21. The number of amides is 1. The molecule has 0 N–H and O–H groups in total. The normalized spacial score (nSPS) is 19.5. The van der Waals surface area contributed by atoms with Gasteiger partial charge in [-0.25, -0.2) is 4.79 Å². The van der Waals surface area contributed by atoms with Crippen molar-refractivity contribution in [2.75, 3.05) is 18.6 Å². The first-order valence-electron chi connectivity index (χ1n) is 12.6. The molecule has 3 aromatic rings. The number of anilines is 1. The molecule has 5 heteroatoms. The van der Waals surface area contributed by atoms with Gasteiger partial charge in [0.15, 0.2) is 0 Å². The van der Waals surface area contributed by atoms with E-state index in [4.69, 9.17) is 4.74 Å². The number of aromatic nitrogens is 1. The average molecular weight is 457 g/mol. The largest absolute Gasteiger partial charge is 0.465 e. The van der Waals surface area contributed by atoms with Gasteiger partial charge in [0.2, 0.25) is 5.91 Å². The third-order valence-corrected chi connectivity index (χ3v) is 8.32. The van der Waals surface area contributed by atoms with Gasteiger partial charge >= 0.3 is 5.97 Å². The van der Waals surface area contributed by atoms with Gasteiger partial charge in [0.1, 0.15) is 0 Å². The molecule has 2 aromatic carbocycles. The summed E-state index contributed by atoms with van der Waals surface area (Å²) in [6.07, 6.45) is 7.05. The standard InChI is InChI=1S/C29H32N2O3/c1-29(2)22-12-7-11-21-25(22)31(28(29)33)16-8-15-30-23-17-19(27(32)34-3)13-14-20(23)24(26(21)30)18-9-5-4-6-10-18/h7,11-14,17-18H,4-6,8-10,15-16H2,1-3H3. The summed E-state index contributed by atoms with van der Waals surface area (Å²) in [5, 5.41) is 1.24. The first-order chi connectivity index (χ1) is 16.4. The minimum Gasteiger partial charge on any atom is -0.465 e. The third-order valence-electron chi connectivity index (χ3n) is 8.32. The number of para-hydroxylation sites is 1. The van der Waals surface area contributed by atoms with E-state index in [1.54, 1.807) is 0 Å². The Hall–Kier alpha value is -3.08. The van der Waals surface area contributed by atoms with Crippen LogP contribution in [-0.2, 0) is 21.5 Å². The van der Waals surface area contributed by atoms with Crippen molar-refractivity contribution in [3.63, 3.8) is 0 Å². The summed E-state index contributed by atoms with van der Waals surface area (Å²) in [5.41, 5.74) is 7.19. The number of esters is 1. The number of hydrogen-bond acceptors (Lipinski definition) is 3. The minimum absolute atomic E-state index is 0.201. The topological polar surface area (TPSA) is 51.5 Å². The molecule has 6 rings (SSSR count). The second kappa shape index (κ2) is 7.72. The Labute approximate surface area is 200 Å². The fourth-order valence-corrected chi connectivity index (χ4v) is 6.63. The molecule has 3 heterocycles. The molecule has 5 nitrogen and oxygen atoms in total. The summed E-state index contributed by atoms with van der Waals surface area (Å²) >= 11 is 0. The van der Waals surface area contributed by atoms with Gasteiger partial charge in [0.25, 0.3) is 0 Å². The molecule has 176 valence electrons. The van der Waals surface area contributed by atoms with Crippen molar-refractivity contribution in [2.24, 2.45) is 0 Å². The highest BCUT2D eigenvalue weighted by Gasteiger charge is 2.46. The van der Waals surface area contributed by atoms with Gasteiger partial charge in [0, 0.05) is 29.6 Å². The van der Waals surface area contributed by atoms with Gasteiger partial charge < -0.3 is 14.2 Å². The van der Waals surface area contributed by atoms with Crippen LogP contribution < -0.4 is 4.90 Å². The van der Waals surface area contributed by atoms with E-state index in [0.29, 0.717) is 18.0 Å². The van der Waals surface area contributed by atoms with Crippen LogP contribution in [0.4, 0.5) is 5.69 Å². The van der Waals surface area contributed by atoms with Crippen molar-refractivity contribution in [3.8, 4) is 11.3 Å². The molecule has 1 aromatic heterocycles. The number of ether oxygens (including phenoxy) is 1. The van der Waals surface area contributed by atoms with Gasteiger partial charge in [-0.1, -0.05) is 43.5 Å². The van der Waals surface area contributed by atoms with E-state index in [9.17, 15) is 9.59 Å². The van der Waals surface area contributed by atoms with Gasteiger partial charge in [-0.15, -0.1) is 0 Å². The molecule has 1 aliphatic carbocycles. The lowest BCUT2D eigenvalue weighted by Gasteiger charge is -2.28. The molecule has 0 spiro atoms. The van der Waals surface area contributed by atoms with Crippen LogP contribution in [0.1, 0.15) is 79.8 Å². The smallest absolute Gasteiger partial charge is 0.337 e. The van der Waals surface area contributed by atoms with Crippen LogP contribution in [0.25, 0.3) is 22.2 Å². The number of benzene rings is 2. The Morgan fingerprint density at radius 3 is 2.59 bits per heavy atom. The number of nitrogens with zero attached hydrogens (tertiary/aromatic N) is 2. The fourth-order valence-electron chi connectivity index (χ4n) is 6.63. The Morgan fingerprint density at radius 2 is 1.82 bits per heavy atom. The minimum atomic E-state index is -0.518. The molecule has 0 saturated heterocycles. The molecule has 2 aliphatic heterocycles. The van der Waals surface area contributed by atoms with Gasteiger partial charge in [-0.05, 0) is 62.3 Å². The molecule has 3 aliphatic rings. The van der Waals surface area contributed by atoms with Crippen molar-refractivity contribution < 1.29 is 14.3 Å². The van der Waals surface area contributed by atoms with E-state index >= 15 is 0 Å². The van der Waals surface area contributed by atoms with E-state index in [1.807, 2.05) is 17.0 Å². The van der Waals surface area contributed by atoms with E-state index in [1.165, 1.54) is 55.9 Å². The maximum Gasteiger partial charge on any atom is 0.337 e. The number of carbonyl (C=O) groups is 2. The third kappa shape index (κ3) is 2.92. The number of carbonyl (C=O) groups excluding carboxylic acids is 2. The number of hydrogen-bond donors (Lipinski definition) is 0. The van der Waals surface area contributed by atoms with E-state index < -0.39 is 5.41 Å². The summed E-state index contributed by atoms with van der Waals surface area (Å²) in [4.78, 5) is 27.9. The maximum absolute atomic E-state index is 13.5. The molecule has 0 atom stereocenters. The second-order valence-electron chi connectivity index (χ2n) is 10.6. The molecule has 1 amide bonds. The number of methoxy groups -OCH3 is 1. The monoisotopic (exact) mass is 456 g/mol. The average Bonchev–Trinajstić information content (AvgIpc) is 3.26. The summed E-state index contributed by atoms with van der Waals surface area (Å²) in [7, 11) is 1.43. The van der Waals surface area contributed by atoms with Crippen LogP contribution >= 0.6 is 0 Å². The zero-order chi connectivity index (χ0) is 23.6. The predicted octanol–water partition coefficient (Wildman–Crippen LogP) is 6.17. The molecule has 1 fully saturated rings. The Balaban J connectivity index is 1.69. The summed E-state index contributed by atoms with van der Waals surface area (Å²) in [6, 6.07) is 12.5. The van der Waals surface area contributed by atoms with Crippen molar-refractivity contribution in [1.29, 1.82) is 0 Å². The van der Waals surface area contributed by atoms with Crippen LogP contribution in [0.5, 0.6) is 0 Å². The Kier molecular flexibility index (Phi) is 4.87. The van der Waals surface area contributed by atoms with Crippen LogP contribution in [0.3, 0.4) is 0 Å². The number of fused-ring (bicyclic) bond motifs is 4. The first-order valence-corrected chi connectivity index (χ1v) is 12.6. The van der Waals surface area contributed by atoms with Gasteiger partial charge in [-0.2, -0.15) is 0 Å². The molecule has 0 radical (unpaired) electrons. The Bertz CT molecular complexity index is 1330. The van der Waals surface area contributed by atoms with Crippen molar-refractivity contribution >= 4 is 28.5 Å². The molecular formula is C29H32N2O3. The predicted molar refractivity (Wildman–Crippen MR) is 135 cm³/mol. The molecule has 1 saturated carbocycles.